The van der Waals surface area contributed by atoms with E-state index in [1.807, 2.05) is 6.20 Å². The Labute approximate surface area is 151 Å². The molecule has 1 atom stereocenters. The molecule has 1 aliphatic rings. The van der Waals surface area contributed by atoms with Gasteiger partial charge in [0.1, 0.15) is 11.9 Å². The Bertz CT molecular complexity index is 900. The van der Waals surface area contributed by atoms with Crippen LogP contribution in [0.5, 0.6) is 0 Å². The third-order valence-corrected chi connectivity index (χ3v) is 4.71. The highest BCUT2D eigenvalue weighted by molar-refractivity contribution is 5.82. The van der Waals surface area contributed by atoms with Gasteiger partial charge >= 0.3 is 0 Å². The summed E-state index contributed by atoms with van der Waals surface area (Å²) < 4.78 is 5.91. The molecule has 136 valence electrons. The Morgan fingerprint density at radius 2 is 2.35 bits per heavy atom. The van der Waals surface area contributed by atoms with Crippen LogP contribution in [0.2, 0.25) is 0 Å². The van der Waals surface area contributed by atoms with Crippen LogP contribution in [-0.4, -0.2) is 45.5 Å². The lowest BCUT2D eigenvalue weighted by Gasteiger charge is -2.32. The highest BCUT2D eigenvalue weighted by atomic mass is 16.5. The van der Waals surface area contributed by atoms with Crippen LogP contribution in [0, 0.1) is 0 Å². The lowest BCUT2D eigenvalue weighted by molar-refractivity contribution is -0.119. The van der Waals surface area contributed by atoms with Crippen LogP contribution in [0.3, 0.4) is 0 Å². The van der Waals surface area contributed by atoms with Crippen molar-refractivity contribution in [2.75, 3.05) is 19.7 Å². The molecule has 0 saturated carbocycles. The summed E-state index contributed by atoms with van der Waals surface area (Å²) in [6.07, 6.45) is 3.66. The first-order valence-electron chi connectivity index (χ1n) is 8.86. The number of nitrogens with zero attached hydrogens (tertiary/aromatic N) is 2. The van der Waals surface area contributed by atoms with E-state index in [0.29, 0.717) is 13.2 Å². The second-order valence-electron chi connectivity index (χ2n) is 6.65. The number of amides is 1. The van der Waals surface area contributed by atoms with Crippen molar-refractivity contribution in [3.63, 3.8) is 0 Å². The summed E-state index contributed by atoms with van der Waals surface area (Å²) in [5.74, 6) is 0.759. The average molecular weight is 353 g/mol. The second-order valence-corrected chi connectivity index (χ2v) is 6.65. The number of carbonyl (C=O) groups excluding carboxylic acids is 1. The monoisotopic (exact) mass is 353 g/mol. The number of ether oxygens (including phenoxy) is 1. The summed E-state index contributed by atoms with van der Waals surface area (Å²) in [4.78, 5) is 24.4. The molecule has 1 saturated heterocycles. The first-order chi connectivity index (χ1) is 12.7. The molecule has 2 aromatic heterocycles. The van der Waals surface area contributed by atoms with Gasteiger partial charge in [0.05, 0.1) is 25.0 Å². The van der Waals surface area contributed by atoms with Gasteiger partial charge in [0, 0.05) is 43.7 Å². The Morgan fingerprint density at radius 3 is 3.23 bits per heavy atom. The summed E-state index contributed by atoms with van der Waals surface area (Å²) in [7, 11) is 0. The minimum absolute atomic E-state index is 0.0554. The Kier molecular flexibility index (Phi) is 4.73. The second kappa shape index (κ2) is 7.31. The van der Waals surface area contributed by atoms with E-state index in [1.54, 1.807) is 6.20 Å². The van der Waals surface area contributed by atoms with Crippen LogP contribution in [0.1, 0.15) is 30.1 Å². The number of hydrogen-bond donors (Lipinski definition) is 3. The normalized spacial score (nSPS) is 18.3. The molecule has 0 aliphatic carbocycles. The van der Waals surface area contributed by atoms with Gasteiger partial charge < -0.3 is 20.0 Å². The van der Waals surface area contributed by atoms with Gasteiger partial charge in [-0.3, -0.25) is 9.69 Å². The van der Waals surface area contributed by atoms with Crippen molar-refractivity contribution in [2.24, 2.45) is 0 Å². The van der Waals surface area contributed by atoms with Crippen LogP contribution in [0.15, 0.2) is 36.7 Å². The lowest BCUT2D eigenvalue weighted by Crippen LogP contribution is -2.38. The smallest absolute Gasteiger partial charge is 0.217 e. The van der Waals surface area contributed by atoms with Crippen molar-refractivity contribution in [1.29, 1.82) is 0 Å². The van der Waals surface area contributed by atoms with E-state index in [1.165, 1.54) is 23.4 Å². The molecule has 7 heteroatoms. The molecule has 7 nitrogen and oxygen atoms in total. The zero-order chi connectivity index (χ0) is 17.9. The van der Waals surface area contributed by atoms with Crippen LogP contribution < -0.4 is 5.32 Å². The maximum absolute atomic E-state index is 11.0. The number of H-pyrrole nitrogens is 2. The van der Waals surface area contributed by atoms with E-state index >= 15 is 0 Å². The van der Waals surface area contributed by atoms with Gasteiger partial charge in [-0.1, -0.05) is 12.1 Å². The summed E-state index contributed by atoms with van der Waals surface area (Å²) >= 11 is 0. The predicted octanol–water partition coefficient (Wildman–Crippen LogP) is 2.10. The molecule has 1 unspecified atom stereocenters. The molecule has 0 bridgehead atoms. The number of aromatic nitrogens is 3. The standard InChI is InChI=1S/C19H23N5O2/c1-13(25)21-9-15-10-22-19(23-15)18-12-24(7-8-26-18)11-14-3-2-4-17-16(14)5-6-20-17/h2-6,10,18,20H,7-9,11-12H2,1H3,(H,21,25)(H,22,23). The average Bonchev–Trinajstić information content (AvgIpc) is 3.30. The quantitative estimate of drug-likeness (QED) is 0.656. The molecule has 3 aromatic rings. The Balaban J connectivity index is 1.43. The molecular formula is C19H23N5O2. The number of fused-ring (bicyclic) bond motifs is 1. The maximum Gasteiger partial charge on any atom is 0.217 e. The van der Waals surface area contributed by atoms with Gasteiger partial charge in [0.2, 0.25) is 5.91 Å². The van der Waals surface area contributed by atoms with Gasteiger partial charge in [0.25, 0.3) is 0 Å². The molecule has 0 spiro atoms. The zero-order valence-corrected chi connectivity index (χ0v) is 14.8. The number of aromatic amines is 2. The number of nitrogens with one attached hydrogen (secondary N) is 3. The van der Waals surface area contributed by atoms with Gasteiger partial charge in [0.15, 0.2) is 0 Å². The van der Waals surface area contributed by atoms with Gasteiger partial charge in [-0.25, -0.2) is 4.98 Å². The molecule has 1 amide bonds. The summed E-state index contributed by atoms with van der Waals surface area (Å²) in [5, 5.41) is 4.04. The third-order valence-electron chi connectivity index (χ3n) is 4.71. The van der Waals surface area contributed by atoms with Crippen molar-refractivity contribution in [3.8, 4) is 0 Å². The number of hydrogen-bond acceptors (Lipinski definition) is 4. The van der Waals surface area contributed by atoms with Gasteiger partial charge in [-0.2, -0.15) is 0 Å². The molecule has 0 radical (unpaired) electrons. The zero-order valence-electron chi connectivity index (χ0n) is 14.8. The van der Waals surface area contributed by atoms with E-state index in [2.05, 4.69) is 49.4 Å². The fraction of sp³-hybridized carbons (Fsp3) is 0.368. The van der Waals surface area contributed by atoms with E-state index in [-0.39, 0.29) is 12.0 Å². The molecule has 4 rings (SSSR count). The highest BCUT2D eigenvalue weighted by Gasteiger charge is 2.24. The number of rotatable bonds is 5. The summed E-state index contributed by atoms with van der Waals surface area (Å²) in [5.41, 5.74) is 3.36. The first kappa shape index (κ1) is 16.8. The molecular weight excluding hydrogens is 330 g/mol. The number of carbonyl (C=O) groups is 1. The van der Waals surface area contributed by atoms with Crippen LogP contribution in [0.4, 0.5) is 0 Å². The van der Waals surface area contributed by atoms with Crippen LogP contribution in [0.25, 0.3) is 10.9 Å². The maximum atomic E-state index is 11.0. The van der Waals surface area contributed by atoms with Crippen LogP contribution in [-0.2, 0) is 22.6 Å². The topological polar surface area (TPSA) is 86.0 Å². The Hall–Kier alpha value is -2.64. The third kappa shape index (κ3) is 3.63. The van der Waals surface area contributed by atoms with E-state index in [4.69, 9.17) is 4.74 Å². The van der Waals surface area contributed by atoms with E-state index < -0.39 is 0 Å². The number of imidazole rings is 1. The molecule has 26 heavy (non-hydrogen) atoms. The SMILES string of the molecule is CC(=O)NCc1cnc(C2CN(Cc3cccc4[nH]ccc34)CCO2)[nH]1. The molecule has 1 aromatic carbocycles. The first-order valence-corrected chi connectivity index (χ1v) is 8.86. The summed E-state index contributed by atoms with van der Waals surface area (Å²) in [6, 6.07) is 8.50. The van der Waals surface area contributed by atoms with Crippen molar-refractivity contribution < 1.29 is 9.53 Å². The van der Waals surface area contributed by atoms with Gasteiger partial charge in [-0.15, -0.1) is 0 Å². The van der Waals surface area contributed by atoms with Gasteiger partial charge in [-0.05, 0) is 17.7 Å². The molecule has 3 heterocycles. The molecule has 3 N–H and O–H groups in total. The fourth-order valence-electron chi connectivity index (χ4n) is 3.39. The van der Waals surface area contributed by atoms with E-state index in [9.17, 15) is 4.79 Å². The van der Waals surface area contributed by atoms with Crippen molar-refractivity contribution in [3.05, 3.63) is 53.7 Å². The van der Waals surface area contributed by atoms with E-state index in [0.717, 1.165) is 31.2 Å². The molecule has 1 aliphatic heterocycles. The number of benzene rings is 1. The highest BCUT2D eigenvalue weighted by Crippen LogP contribution is 2.24. The van der Waals surface area contributed by atoms with Crippen LogP contribution >= 0.6 is 0 Å². The predicted molar refractivity (Wildman–Crippen MR) is 98.4 cm³/mol. The molecule has 1 fully saturated rings. The largest absolute Gasteiger partial charge is 0.368 e. The minimum Gasteiger partial charge on any atom is -0.368 e. The Morgan fingerprint density at radius 1 is 1.42 bits per heavy atom. The summed E-state index contributed by atoms with van der Waals surface area (Å²) in [6.45, 7) is 5.20. The van der Waals surface area contributed by atoms with Crippen molar-refractivity contribution >= 4 is 16.8 Å². The number of morpholine rings is 1. The minimum atomic E-state index is -0.0831. The lowest BCUT2D eigenvalue weighted by atomic mass is 10.1. The van der Waals surface area contributed by atoms with Crippen molar-refractivity contribution in [2.45, 2.75) is 26.1 Å². The van der Waals surface area contributed by atoms with Crippen molar-refractivity contribution in [1.82, 2.24) is 25.2 Å². The fourth-order valence-corrected chi connectivity index (χ4v) is 3.39.